The number of nitrogens with two attached hydrogens (primary N) is 1. The first-order chi connectivity index (χ1) is 8.29. The molecule has 1 fully saturated rings. The monoisotopic (exact) mass is 256 g/mol. The van der Waals surface area contributed by atoms with Crippen LogP contribution in [-0.2, 0) is 4.74 Å². The summed E-state index contributed by atoms with van der Waals surface area (Å²) in [5.74, 6) is 6.48. The van der Waals surface area contributed by atoms with E-state index < -0.39 is 0 Å². The summed E-state index contributed by atoms with van der Waals surface area (Å²) in [4.78, 5) is 0. The fourth-order valence-electron chi connectivity index (χ4n) is 2.88. The number of nitrogens with one attached hydrogen (secondary N) is 1. The molecular weight excluding hydrogens is 224 g/mol. The molecule has 3 N–H and O–H groups in total. The van der Waals surface area contributed by atoms with Crippen LogP contribution < -0.4 is 11.3 Å². The fraction of sp³-hybridized carbons (Fsp3) is 1.00. The Hall–Kier alpha value is -0.120. The summed E-state index contributed by atoms with van der Waals surface area (Å²) in [6.07, 6.45) is 7.40. The predicted octanol–water partition coefficient (Wildman–Crippen LogP) is 3.24. The number of hydrogen-bond donors (Lipinski definition) is 2. The summed E-state index contributed by atoms with van der Waals surface area (Å²) < 4.78 is 5.48. The van der Waals surface area contributed by atoms with Crippen LogP contribution in [0.2, 0.25) is 0 Å². The highest BCUT2D eigenvalue weighted by molar-refractivity contribution is 4.85. The molecule has 1 aliphatic rings. The molecule has 1 aliphatic carbocycles. The molecular formula is C15H32N2O. The van der Waals surface area contributed by atoms with E-state index in [0.29, 0.717) is 11.5 Å². The first-order valence-corrected chi connectivity index (χ1v) is 7.31. The van der Waals surface area contributed by atoms with Gasteiger partial charge in [-0.05, 0) is 63.7 Å². The molecule has 1 unspecified atom stereocenters. The molecule has 18 heavy (non-hydrogen) atoms. The van der Waals surface area contributed by atoms with Gasteiger partial charge < -0.3 is 4.74 Å². The summed E-state index contributed by atoms with van der Waals surface area (Å²) in [6, 6.07) is 0.440. The number of hydrogen-bond acceptors (Lipinski definition) is 3. The van der Waals surface area contributed by atoms with Crippen LogP contribution in [0.5, 0.6) is 0 Å². The highest BCUT2D eigenvalue weighted by Gasteiger charge is 2.31. The molecule has 0 saturated heterocycles. The molecule has 1 saturated carbocycles. The largest absolute Gasteiger partial charge is 0.379 e. The zero-order valence-electron chi connectivity index (χ0n) is 12.9. The smallest absolute Gasteiger partial charge is 0.0623 e. The van der Waals surface area contributed by atoms with Crippen molar-refractivity contribution in [1.82, 2.24) is 5.43 Å². The Morgan fingerprint density at radius 3 is 2.33 bits per heavy atom. The molecule has 0 heterocycles. The maximum absolute atomic E-state index is 5.75. The Morgan fingerprint density at radius 1 is 1.33 bits per heavy atom. The molecule has 0 aromatic rings. The molecule has 0 radical (unpaired) electrons. The zero-order chi connectivity index (χ0) is 13.8. The van der Waals surface area contributed by atoms with Crippen molar-refractivity contribution in [3.05, 3.63) is 0 Å². The number of ether oxygens (including phenoxy) is 1. The highest BCUT2D eigenvalue weighted by Crippen LogP contribution is 2.40. The molecule has 0 spiro atoms. The fourth-order valence-corrected chi connectivity index (χ4v) is 2.88. The molecule has 0 aromatic heterocycles. The van der Waals surface area contributed by atoms with Gasteiger partial charge in [0.05, 0.1) is 5.60 Å². The van der Waals surface area contributed by atoms with Gasteiger partial charge in [-0.1, -0.05) is 13.8 Å². The van der Waals surface area contributed by atoms with Crippen molar-refractivity contribution in [3.63, 3.8) is 0 Å². The number of methoxy groups -OCH3 is 1. The number of hydrazine groups is 1. The van der Waals surface area contributed by atoms with Crippen molar-refractivity contribution in [3.8, 4) is 0 Å². The molecule has 0 aromatic carbocycles. The van der Waals surface area contributed by atoms with Crippen LogP contribution in [0, 0.1) is 11.3 Å². The maximum Gasteiger partial charge on any atom is 0.0623 e. The van der Waals surface area contributed by atoms with E-state index in [1.807, 2.05) is 0 Å². The molecule has 0 bridgehead atoms. The van der Waals surface area contributed by atoms with E-state index in [1.54, 1.807) is 7.11 Å². The first kappa shape index (κ1) is 15.9. The molecule has 1 atom stereocenters. The topological polar surface area (TPSA) is 47.3 Å². The van der Waals surface area contributed by atoms with Crippen LogP contribution in [-0.4, -0.2) is 18.8 Å². The van der Waals surface area contributed by atoms with E-state index in [0.717, 1.165) is 18.8 Å². The van der Waals surface area contributed by atoms with Crippen molar-refractivity contribution in [1.29, 1.82) is 0 Å². The van der Waals surface area contributed by atoms with Crippen molar-refractivity contribution in [2.45, 2.75) is 77.9 Å². The summed E-state index contributed by atoms with van der Waals surface area (Å²) in [5.41, 5.74) is 3.53. The third-order valence-electron chi connectivity index (χ3n) is 4.78. The second-order valence-electron chi connectivity index (χ2n) is 7.28. The molecule has 0 amide bonds. The van der Waals surface area contributed by atoms with E-state index in [2.05, 4.69) is 33.1 Å². The second kappa shape index (κ2) is 6.36. The average molecular weight is 256 g/mol. The van der Waals surface area contributed by atoms with Crippen LogP contribution in [0.25, 0.3) is 0 Å². The number of rotatable bonds is 6. The maximum atomic E-state index is 5.75. The molecule has 0 aliphatic heterocycles. The van der Waals surface area contributed by atoms with Crippen molar-refractivity contribution >= 4 is 0 Å². The average Bonchev–Trinajstić information content (AvgIpc) is 2.31. The van der Waals surface area contributed by atoms with Crippen LogP contribution in [0.3, 0.4) is 0 Å². The lowest BCUT2D eigenvalue weighted by atomic mass is 9.70. The van der Waals surface area contributed by atoms with Gasteiger partial charge in [-0.25, -0.2) is 0 Å². The molecule has 3 heteroatoms. The van der Waals surface area contributed by atoms with E-state index in [4.69, 9.17) is 10.6 Å². The van der Waals surface area contributed by atoms with Gasteiger partial charge in [0.25, 0.3) is 0 Å². The standard InChI is InChI=1S/C15H32N2O/c1-14(2)9-6-12(7-10-14)13(17-16)8-11-15(3,4)18-5/h12-13,17H,6-11,16H2,1-5H3. The summed E-state index contributed by atoms with van der Waals surface area (Å²) in [6.45, 7) is 9.04. The van der Waals surface area contributed by atoms with Crippen molar-refractivity contribution in [2.24, 2.45) is 17.2 Å². The van der Waals surface area contributed by atoms with E-state index in [1.165, 1.54) is 25.7 Å². The van der Waals surface area contributed by atoms with Gasteiger partial charge in [0.2, 0.25) is 0 Å². The van der Waals surface area contributed by atoms with Gasteiger partial charge >= 0.3 is 0 Å². The summed E-state index contributed by atoms with van der Waals surface area (Å²) in [7, 11) is 1.79. The van der Waals surface area contributed by atoms with Crippen LogP contribution in [0.4, 0.5) is 0 Å². The van der Waals surface area contributed by atoms with Gasteiger partial charge in [-0.2, -0.15) is 0 Å². The Labute approximate surface area is 113 Å². The first-order valence-electron chi connectivity index (χ1n) is 7.31. The van der Waals surface area contributed by atoms with Gasteiger partial charge in [0.15, 0.2) is 0 Å². The third-order valence-corrected chi connectivity index (χ3v) is 4.78. The minimum absolute atomic E-state index is 0.0387. The lowest BCUT2D eigenvalue weighted by Crippen LogP contribution is -2.44. The minimum atomic E-state index is -0.0387. The molecule has 1 rings (SSSR count). The van der Waals surface area contributed by atoms with Gasteiger partial charge in [-0.15, -0.1) is 0 Å². The van der Waals surface area contributed by atoms with E-state index >= 15 is 0 Å². The quantitative estimate of drug-likeness (QED) is 0.566. The SMILES string of the molecule is COC(C)(C)CCC(NN)C1CCC(C)(C)CC1. The van der Waals surface area contributed by atoms with Gasteiger partial charge in [-0.3, -0.25) is 11.3 Å². The van der Waals surface area contributed by atoms with Crippen LogP contribution >= 0.6 is 0 Å². The van der Waals surface area contributed by atoms with Gasteiger partial charge in [0.1, 0.15) is 0 Å². The lowest BCUT2D eigenvalue weighted by Gasteiger charge is -2.38. The Balaban J connectivity index is 2.42. The normalized spacial score (nSPS) is 23.0. The Kier molecular flexibility index (Phi) is 5.63. The Bertz CT molecular complexity index is 241. The predicted molar refractivity (Wildman–Crippen MR) is 77.2 cm³/mol. The zero-order valence-corrected chi connectivity index (χ0v) is 12.9. The van der Waals surface area contributed by atoms with Crippen molar-refractivity contribution < 1.29 is 4.74 Å². The second-order valence-corrected chi connectivity index (χ2v) is 7.28. The lowest BCUT2D eigenvalue weighted by molar-refractivity contribution is 0.00872. The van der Waals surface area contributed by atoms with Crippen molar-refractivity contribution in [2.75, 3.05) is 7.11 Å². The Morgan fingerprint density at radius 2 is 1.89 bits per heavy atom. The molecule has 108 valence electrons. The summed E-state index contributed by atoms with van der Waals surface area (Å²) >= 11 is 0. The van der Waals surface area contributed by atoms with Crippen LogP contribution in [0.1, 0.15) is 66.2 Å². The minimum Gasteiger partial charge on any atom is -0.379 e. The highest BCUT2D eigenvalue weighted by atomic mass is 16.5. The summed E-state index contributed by atoms with van der Waals surface area (Å²) in [5, 5.41) is 0. The third kappa shape index (κ3) is 4.87. The molecule has 3 nitrogen and oxygen atoms in total. The van der Waals surface area contributed by atoms with E-state index in [9.17, 15) is 0 Å². The van der Waals surface area contributed by atoms with Crippen LogP contribution in [0.15, 0.2) is 0 Å². The van der Waals surface area contributed by atoms with E-state index in [-0.39, 0.29) is 5.60 Å². The van der Waals surface area contributed by atoms with Gasteiger partial charge in [0, 0.05) is 13.2 Å².